The van der Waals surface area contributed by atoms with Gasteiger partial charge in [0.25, 0.3) is 11.6 Å². The highest BCUT2D eigenvalue weighted by molar-refractivity contribution is 6.00. The van der Waals surface area contributed by atoms with E-state index in [1.165, 1.54) is 29.1 Å². The zero-order valence-corrected chi connectivity index (χ0v) is 12.7. The summed E-state index contributed by atoms with van der Waals surface area (Å²) in [5, 5.41) is 18.6. The summed E-state index contributed by atoms with van der Waals surface area (Å²) in [5.74, 6) is -0.433. The normalized spacial score (nSPS) is 10.4. The highest BCUT2D eigenvalue weighted by atomic mass is 16.6. The van der Waals surface area contributed by atoms with Crippen molar-refractivity contribution in [3.63, 3.8) is 0 Å². The Kier molecular flexibility index (Phi) is 4.02. The number of rotatable bonds is 4. The molecule has 0 saturated carbocycles. The van der Waals surface area contributed by atoms with Gasteiger partial charge in [0.2, 0.25) is 0 Å². The average molecular weight is 323 g/mol. The van der Waals surface area contributed by atoms with Gasteiger partial charge >= 0.3 is 0 Å². The maximum Gasteiger partial charge on any atom is 0.271 e. The second-order valence-electron chi connectivity index (χ2n) is 5.05. The summed E-state index contributed by atoms with van der Waals surface area (Å²) in [6.07, 6.45) is 0. The van der Waals surface area contributed by atoms with E-state index < -0.39 is 10.8 Å². The number of carbonyl (C=O) groups is 1. The molecule has 0 aliphatic carbocycles. The van der Waals surface area contributed by atoms with E-state index in [9.17, 15) is 14.9 Å². The van der Waals surface area contributed by atoms with Crippen molar-refractivity contribution < 1.29 is 9.72 Å². The van der Waals surface area contributed by atoms with Crippen molar-refractivity contribution in [2.24, 2.45) is 0 Å². The molecular weight excluding hydrogens is 310 g/mol. The molecule has 0 aliphatic heterocycles. The number of aromatic nitrogens is 3. The maximum atomic E-state index is 12.2. The lowest BCUT2D eigenvalue weighted by Gasteiger charge is -2.06. The lowest BCUT2D eigenvalue weighted by Crippen LogP contribution is -2.25. The van der Waals surface area contributed by atoms with E-state index in [2.05, 4.69) is 15.7 Å². The second kappa shape index (κ2) is 6.29. The first-order chi connectivity index (χ1) is 11.6. The van der Waals surface area contributed by atoms with Gasteiger partial charge in [0.05, 0.1) is 10.6 Å². The molecule has 1 amide bonds. The monoisotopic (exact) mass is 323 g/mol. The standard InChI is InChI=1S/C16H13N5O3/c1-11-15(12-5-3-2-4-6-12)17-19-20(11)18-16(22)13-7-9-14(10-8-13)21(23)24/h2-10H,1H3,(H,18,22). The summed E-state index contributed by atoms with van der Waals surface area (Å²) in [5.41, 5.74) is 5.05. The molecule has 2 aromatic carbocycles. The van der Waals surface area contributed by atoms with Crippen molar-refractivity contribution in [2.45, 2.75) is 6.92 Å². The number of hydrogen-bond donors (Lipinski definition) is 1. The van der Waals surface area contributed by atoms with Crippen molar-refractivity contribution in [3.8, 4) is 11.3 Å². The fraction of sp³-hybridized carbons (Fsp3) is 0.0625. The number of hydrogen-bond acceptors (Lipinski definition) is 5. The van der Waals surface area contributed by atoms with E-state index in [-0.39, 0.29) is 11.3 Å². The first kappa shape index (κ1) is 15.3. The Morgan fingerprint density at radius 2 is 1.79 bits per heavy atom. The highest BCUT2D eigenvalue weighted by Crippen LogP contribution is 2.19. The van der Waals surface area contributed by atoms with Gasteiger partial charge in [-0.2, -0.15) is 4.79 Å². The average Bonchev–Trinajstić information content (AvgIpc) is 2.96. The van der Waals surface area contributed by atoms with Crippen LogP contribution < -0.4 is 5.43 Å². The van der Waals surface area contributed by atoms with Gasteiger partial charge in [0.1, 0.15) is 5.69 Å². The Labute approximate surface area is 136 Å². The van der Waals surface area contributed by atoms with Crippen LogP contribution in [0.15, 0.2) is 54.6 Å². The predicted octanol–water partition coefficient (Wildman–Crippen LogP) is 2.55. The molecule has 1 heterocycles. The third-order valence-electron chi connectivity index (χ3n) is 3.49. The van der Waals surface area contributed by atoms with E-state index in [0.29, 0.717) is 11.4 Å². The minimum atomic E-state index is -0.518. The maximum absolute atomic E-state index is 12.2. The lowest BCUT2D eigenvalue weighted by molar-refractivity contribution is -0.384. The van der Waals surface area contributed by atoms with Crippen LogP contribution in [-0.4, -0.2) is 25.9 Å². The third kappa shape index (κ3) is 2.98. The van der Waals surface area contributed by atoms with E-state index in [0.717, 1.165) is 5.56 Å². The van der Waals surface area contributed by atoms with Gasteiger partial charge in [0.15, 0.2) is 0 Å². The molecular formula is C16H13N5O3. The Morgan fingerprint density at radius 1 is 1.12 bits per heavy atom. The molecule has 0 spiro atoms. The molecule has 24 heavy (non-hydrogen) atoms. The van der Waals surface area contributed by atoms with Gasteiger partial charge in [-0.1, -0.05) is 30.3 Å². The molecule has 120 valence electrons. The molecule has 8 heteroatoms. The number of amides is 1. The number of benzene rings is 2. The van der Waals surface area contributed by atoms with Gasteiger partial charge in [-0.15, -0.1) is 5.10 Å². The van der Waals surface area contributed by atoms with Crippen molar-refractivity contribution in [1.82, 2.24) is 15.1 Å². The summed E-state index contributed by atoms with van der Waals surface area (Å²) in [6, 6.07) is 14.8. The molecule has 1 aromatic heterocycles. The summed E-state index contributed by atoms with van der Waals surface area (Å²) in [6.45, 7) is 1.79. The minimum Gasteiger partial charge on any atom is -0.267 e. The third-order valence-corrected chi connectivity index (χ3v) is 3.49. The lowest BCUT2D eigenvalue weighted by atomic mass is 10.1. The van der Waals surface area contributed by atoms with Gasteiger partial charge < -0.3 is 0 Å². The zero-order valence-electron chi connectivity index (χ0n) is 12.7. The molecule has 0 unspecified atom stereocenters. The largest absolute Gasteiger partial charge is 0.271 e. The van der Waals surface area contributed by atoms with Crippen LogP contribution in [0.1, 0.15) is 16.1 Å². The number of nitrogens with one attached hydrogen (secondary N) is 1. The minimum absolute atomic E-state index is 0.0742. The van der Waals surface area contributed by atoms with Gasteiger partial charge in [0, 0.05) is 23.3 Å². The van der Waals surface area contributed by atoms with Gasteiger partial charge in [-0.05, 0) is 24.3 Å². The second-order valence-corrected chi connectivity index (χ2v) is 5.05. The quantitative estimate of drug-likeness (QED) is 0.587. The number of non-ortho nitro benzene ring substituents is 1. The molecule has 0 aliphatic rings. The summed E-state index contributed by atoms with van der Waals surface area (Å²) in [4.78, 5) is 23.6. The number of nitrogens with zero attached hydrogens (tertiary/aromatic N) is 4. The van der Waals surface area contributed by atoms with Crippen LogP contribution >= 0.6 is 0 Å². The smallest absolute Gasteiger partial charge is 0.267 e. The predicted molar refractivity (Wildman–Crippen MR) is 87.0 cm³/mol. The van der Waals surface area contributed by atoms with Gasteiger partial charge in [-0.25, -0.2) is 5.43 Å². The van der Waals surface area contributed by atoms with Crippen LogP contribution in [0.3, 0.4) is 0 Å². The molecule has 0 radical (unpaired) electrons. The fourth-order valence-electron chi connectivity index (χ4n) is 2.19. The van der Waals surface area contributed by atoms with Crippen LogP contribution in [0.2, 0.25) is 0 Å². The van der Waals surface area contributed by atoms with E-state index >= 15 is 0 Å². The van der Waals surface area contributed by atoms with Crippen LogP contribution in [0, 0.1) is 17.0 Å². The molecule has 1 N–H and O–H groups in total. The summed E-state index contributed by atoms with van der Waals surface area (Å²) >= 11 is 0. The first-order valence-corrected chi connectivity index (χ1v) is 7.10. The summed E-state index contributed by atoms with van der Waals surface area (Å²) < 4.78 is 0. The van der Waals surface area contributed by atoms with E-state index in [4.69, 9.17) is 0 Å². The van der Waals surface area contributed by atoms with Crippen LogP contribution in [-0.2, 0) is 0 Å². The Morgan fingerprint density at radius 3 is 2.42 bits per heavy atom. The molecule has 0 atom stereocenters. The highest BCUT2D eigenvalue weighted by Gasteiger charge is 2.14. The van der Waals surface area contributed by atoms with Gasteiger partial charge in [-0.3, -0.25) is 14.9 Å². The van der Waals surface area contributed by atoms with Crippen LogP contribution in [0.4, 0.5) is 5.69 Å². The molecule has 8 nitrogen and oxygen atoms in total. The molecule has 3 rings (SSSR count). The Bertz CT molecular complexity index is 888. The number of carbonyl (C=O) groups excluding carboxylic acids is 1. The summed E-state index contributed by atoms with van der Waals surface area (Å²) in [7, 11) is 0. The molecule has 3 aromatic rings. The molecule has 0 fully saturated rings. The van der Waals surface area contributed by atoms with Crippen molar-refractivity contribution in [2.75, 3.05) is 5.43 Å². The number of nitro groups is 1. The molecule has 0 bridgehead atoms. The van der Waals surface area contributed by atoms with Crippen LogP contribution in [0.25, 0.3) is 11.3 Å². The van der Waals surface area contributed by atoms with Crippen molar-refractivity contribution in [3.05, 3.63) is 76.0 Å². The van der Waals surface area contributed by atoms with E-state index in [1.807, 2.05) is 30.3 Å². The van der Waals surface area contributed by atoms with E-state index in [1.54, 1.807) is 6.92 Å². The molecule has 0 saturated heterocycles. The van der Waals surface area contributed by atoms with Crippen molar-refractivity contribution >= 4 is 11.6 Å². The zero-order chi connectivity index (χ0) is 17.1. The topological polar surface area (TPSA) is 103 Å². The first-order valence-electron chi connectivity index (χ1n) is 7.10. The Hall–Kier alpha value is -3.55. The Balaban J connectivity index is 1.80. The fourth-order valence-corrected chi connectivity index (χ4v) is 2.19. The van der Waals surface area contributed by atoms with Crippen molar-refractivity contribution in [1.29, 1.82) is 0 Å². The van der Waals surface area contributed by atoms with Crippen LogP contribution in [0.5, 0.6) is 0 Å². The number of nitro benzene ring substituents is 1. The SMILES string of the molecule is Cc1c(-c2ccccc2)nnn1NC(=O)c1ccc([N+](=O)[O-])cc1.